The van der Waals surface area contributed by atoms with E-state index in [1.807, 2.05) is 24.3 Å². The molecule has 1 aliphatic heterocycles. The average molecular weight is 488 g/mol. The predicted molar refractivity (Wildman–Crippen MR) is 136 cm³/mol. The van der Waals surface area contributed by atoms with E-state index in [0.717, 1.165) is 58.5 Å². The van der Waals surface area contributed by atoms with E-state index in [9.17, 15) is 8.42 Å². The van der Waals surface area contributed by atoms with Crippen LogP contribution in [0.2, 0.25) is 0 Å². The summed E-state index contributed by atoms with van der Waals surface area (Å²) in [5.41, 5.74) is 3.06. The van der Waals surface area contributed by atoms with Gasteiger partial charge < -0.3 is 5.32 Å². The number of nitrogens with one attached hydrogen (secondary N) is 2. The van der Waals surface area contributed by atoms with Crippen molar-refractivity contribution < 1.29 is 8.42 Å². The van der Waals surface area contributed by atoms with Gasteiger partial charge in [0, 0.05) is 11.4 Å². The second kappa shape index (κ2) is 10.0. The quantitative estimate of drug-likeness (QED) is 0.495. The third kappa shape index (κ3) is 5.90. The molecule has 1 fully saturated rings. The Morgan fingerprint density at radius 3 is 2.42 bits per heavy atom. The summed E-state index contributed by atoms with van der Waals surface area (Å²) in [4.78, 5) is 14.6. The second-order valence-electron chi connectivity index (χ2n) is 9.04. The minimum atomic E-state index is -3.27. The molecule has 0 amide bonds. The SMILES string of the molecule is CNS(=O)(=O)Cc1ccc(CNc2nc(CN3CCC(C)CC3)nc3sc(C)c(C)c23)cc1. The van der Waals surface area contributed by atoms with Gasteiger partial charge in [-0.25, -0.2) is 23.1 Å². The topological polar surface area (TPSA) is 87.2 Å². The molecule has 0 saturated carbocycles. The largest absolute Gasteiger partial charge is 0.365 e. The molecule has 0 radical (unpaired) electrons. The van der Waals surface area contributed by atoms with Crippen molar-refractivity contribution in [1.82, 2.24) is 19.6 Å². The summed E-state index contributed by atoms with van der Waals surface area (Å²) < 4.78 is 25.9. The summed E-state index contributed by atoms with van der Waals surface area (Å²) in [6.07, 6.45) is 2.46. The molecule has 1 aromatic carbocycles. The first kappa shape index (κ1) is 24.1. The lowest BCUT2D eigenvalue weighted by Gasteiger charge is -2.29. The van der Waals surface area contributed by atoms with Crippen LogP contribution in [-0.2, 0) is 28.9 Å². The molecule has 1 saturated heterocycles. The number of thiophene rings is 1. The molecule has 3 heterocycles. The fourth-order valence-electron chi connectivity index (χ4n) is 4.14. The van der Waals surface area contributed by atoms with Gasteiger partial charge in [-0.2, -0.15) is 0 Å². The van der Waals surface area contributed by atoms with Crippen LogP contribution in [0.15, 0.2) is 24.3 Å². The Bertz CT molecular complexity index is 1210. The Morgan fingerprint density at radius 2 is 1.76 bits per heavy atom. The first-order valence-electron chi connectivity index (χ1n) is 11.5. The molecule has 0 spiro atoms. The van der Waals surface area contributed by atoms with Gasteiger partial charge in [-0.3, -0.25) is 4.90 Å². The molecular weight excluding hydrogens is 454 g/mol. The fraction of sp³-hybridized carbons (Fsp3) is 0.500. The number of hydrogen-bond acceptors (Lipinski definition) is 7. The van der Waals surface area contributed by atoms with E-state index in [4.69, 9.17) is 9.97 Å². The summed E-state index contributed by atoms with van der Waals surface area (Å²) in [6, 6.07) is 7.66. The maximum absolute atomic E-state index is 11.8. The predicted octanol–water partition coefficient (Wildman–Crippen LogP) is 4.20. The van der Waals surface area contributed by atoms with E-state index in [0.29, 0.717) is 6.54 Å². The Hall–Kier alpha value is -2.07. The van der Waals surface area contributed by atoms with E-state index in [-0.39, 0.29) is 5.75 Å². The molecule has 2 aromatic heterocycles. The van der Waals surface area contributed by atoms with Gasteiger partial charge in [-0.15, -0.1) is 11.3 Å². The van der Waals surface area contributed by atoms with Gasteiger partial charge >= 0.3 is 0 Å². The van der Waals surface area contributed by atoms with Crippen LogP contribution in [0, 0.1) is 19.8 Å². The molecule has 3 aromatic rings. The van der Waals surface area contributed by atoms with Crippen LogP contribution in [0.5, 0.6) is 0 Å². The Labute approximate surface area is 200 Å². The minimum absolute atomic E-state index is 0.0181. The third-order valence-corrected chi connectivity index (χ3v) is 8.90. The number of sulfonamides is 1. The minimum Gasteiger partial charge on any atom is -0.365 e. The molecule has 33 heavy (non-hydrogen) atoms. The summed E-state index contributed by atoms with van der Waals surface area (Å²) in [5, 5.41) is 4.63. The molecule has 2 N–H and O–H groups in total. The lowest BCUT2D eigenvalue weighted by Crippen LogP contribution is -2.33. The first-order chi connectivity index (χ1) is 15.7. The molecule has 0 bridgehead atoms. The van der Waals surface area contributed by atoms with Gasteiger partial charge in [-0.05, 0) is 69.4 Å². The molecule has 1 aliphatic rings. The van der Waals surface area contributed by atoms with Crippen molar-refractivity contribution in [2.24, 2.45) is 5.92 Å². The number of nitrogens with zero attached hydrogens (tertiary/aromatic N) is 3. The first-order valence-corrected chi connectivity index (χ1v) is 13.9. The third-order valence-electron chi connectivity index (χ3n) is 6.47. The van der Waals surface area contributed by atoms with Crippen molar-refractivity contribution in [3.05, 3.63) is 51.7 Å². The molecule has 178 valence electrons. The molecule has 0 atom stereocenters. The zero-order chi connectivity index (χ0) is 23.6. The maximum Gasteiger partial charge on any atom is 0.215 e. The zero-order valence-corrected chi connectivity index (χ0v) is 21.4. The van der Waals surface area contributed by atoms with Crippen LogP contribution in [0.25, 0.3) is 10.2 Å². The average Bonchev–Trinajstić information content (AvgIpc) is 3.08. The molecular formula is C24H33N5O2S2. The van der Waals surface area contributed by atoms with Gasteiger partial charge in [0.2, 0.25) is 10.0 Å². The van der Waals surface area contributed by atoms with Gasteiger partial charge in [0.25, 0.3) is 0 Å². The van der Waals surface area contributed by atoms with Crippen molar-refractivity contribution in [2.45, 2.75) is 52.5 Å². The smallest absolute Gasteiger partial charge is 0.215 e. The monoisotopic (exact) mass is 487 g/mol. The van der Waals surface area contributed by atoms with Crippen molar-refractivity contribution in [2.75, 3.05) is 25.5 Å². The number of aromatic nitrogens is 2. The molecule has 0 aliphatic carbocycles. The zero-order valence-electron chi connectivity index (χ0n) is 19.8. The van der Waals surface area contributed by atoms with E-state index >= 15 is 0 Å². The standard InChI is InChI=1S/C24H33N5O2S2/c1-16-9-11-29(12-10-16)14-21-27-23(22-17(2)18(3)32-24(22)28-21)26-13-19-5-7-20(8-6-19)15-33(30,31)25-4/h5-8,16,25H,9-15H2,1-4H3,(H,26,27,28). The van der Waals surface area contributed by atoms with Crippen LogP contribution in [0.4, 0.5) is 5.82 Å². The summed E-state index contributed by atoms with van der Waals surface area (Å²) in [6.45, 7) is 10.2. The van der Waals surface area contributed by atoms with Crippen LogP contribution >= 0.6 is 11.3 Å². The second-order valence-corrected chi connectivity index (χ2v) is 12.2. The van der Waals surface area contributed by atoms with Gasteiger partial charge in [0.15, 0.2) is 0 Å². The van der Waals surface area contributed by atoms with E-state index in [2.05, 4.69) is 35.7 Å². The molecule has 7 nitrogen and oxygen atoms in total. The van der Waals surface area contributed by atoms with Crippen molar-refractivity contribution in [3.8, 4) is 0 Å². The highest BCUT2D eigenvalue weighted by molar-refractivity contribution is 7.88. The Kier molecular flexibility index (Phi) is 7.33. The van der Waals surface area contributed by atoms with Crippen molar-refractivity contribution in [1.29, 1.82) is 0 Å². The molecule has 0 unspecified atom stereocenters. The van der Waals surface area contributed by atoms with Crippen LogP contribution in [0.1, 0.15) is 47.2 Å². The number of aryl methyl sites for hydroxylation is 2. The number of fused-ring (bicyclic) bond motifs is 1. The number of benzene rings is 1. The van der Waals surface area contributed by atoms with E-state index < -0.39 is 10.0 Å². The summed E-state index contributed by atoms with van der Waals surface area (Å²) >= 11 is 1.73. The number of hydrogen-bond donors (Lipinski definition) is 2. The van der Waals surface area contributed by atoms with Gasteiger partial charge in [-0.1, -0.05) is 31.2 Å². The van der Waals surface area contributed by atoms with Crippen LogP contribution < -0.4 is 10.0 Å². The number of piperidine rings is 1. The Morgan fingerprint density at radius 1 is 1.09 bits per heavy atom. The fourth-order valence-corrected chi connectivity index (χ4v) is 5.97. The van der Waals surface area contributed by atoms with Crippen LogP contribution in [0.3, 0.4) is 0 Å². The lowest BCUT2D eigenvalue weighted by atomic mass is 9.99. The number of likely N-dealkylation sites (tertiary alicyclic amines) is 1. The summed E-state index contributed by atoms with van der Waals surface area (Å²) in [7, 11) is -1.84. The molecule has 9 heteroatoms. The van der Waals surface area contributed by atoms with Gasteiger partial charge in [0.1, 0.15) is 16.5 Å². The highest BCUT2D eigenvalue weighted by Crippen LogP contribution is 2.34. The van der Waals surface area contributed by atoms with E-state index in [1.165, 1.54) is 30.3 Å². The molecule has 4 rings (SSSR count). The number of rotatable bonds is 8. The van der Waals surface area contributed by atoms with Crippen molar-refractivity contribution >= 4 is 37.4 Å². The van der Waals surface area contributed by atoms with Gasteiger partial charge in [0.05, 0.1) is 17.7 Å². The van der Waals surface area contributed by atoms with E-state index in [1.54, 1.807) is 11.3 Å². The highest BCUT2D eigenvalue weighted by Gasteiger charge is 2.19. The van der Waals surface area contributed by atoms with Crippen LogP contribution in [-0.4, -0.2) is 43.4 Å². The van der Waals surface area contributed by atoms with Crippen molar-refractivity contribution in [3.63, 3.8) is 0 Å². The highest BCUT2D eigenvalue weighted by atomic mass is 32.2. The maximum atomic E-state index is 11.8. The normalized spacial score (nSPS) is 15.9. The summed E-state index contributed by atoms with van der Waals surface area (Å²) in [5.74, 6) is 2.53. The number of anilines is 1. The Balaban J connectivity index is 1.52. The lowest BCUT2D eigenvalue weighted by molar-refractivity contribution is 0.181.